The maximum absolute atomic E-state index is 14.4. The molecular formula is C34H30N2O4. The number of rotatable bonds is 3. The highest BCUT2D eigenvalue weighted by Gasteiger charge is 2.75. The number of carbonyl (C=O) groups excluding carboxylic acids is 4. The Hall–Kier alpha value is -4.32. The van der Waals surface area contributed by atoms with Crippen LogP contribution in [0.15, 0.2) is 78.9 Å². The standard InChI is InChI=1S/C34H30N2O4/c1-18-10-12-24(20(3)16-18)35-30(37)26-23-14-15-34(28(26)32(35)39,22-8-6-5-7-9-22)29-27(23)31(38)36(33(29)40)25-13-11-19(2)17-21(25)4/h5-17,23,26-29H,1-4H3/t23?,26-,27+,28+,29-,34?. The summed E-state index contributed by atoms with van der Waals surface area (Å²) < 4.78 is 0. The van der Waals surface area contributed by atoms with Crippen LogP contribution in [0.3, 0.4) is 0 Å². The van der Waals surface area contributed by atoms with Crippen molar-refractivity contribution in [2.45, 2.75) is 33.1 Å². The van der Waals surface area contributed by atoms with Crippen LogP contribution < -0.4 is 9.80 Å². The molecular weight excluding hydrogens is 500 g/mol. The Labute approximate surface area is 233 Å². The predicted molar refractivity (Wildman–Crippen MR) is 152 cm³/mol. The molecule has 5 aliphatic rings. The summed E-state index contributed by atoms with van der Waals surface area (Å²) in [4.78, 5) is 60.0. The average molecular weight is 531 g/mol. The molecule has 1 saturated carbocycles. The minimum absolute atomic E-state index is 0.291. The van der Waals surface area contributed by atoms with E-state index in [0.29, 0.717) is 11.4 Å². The molecule has 6 atom stereocenters. The Balaban J connectivity index is 1.43. The fourth-order valence-electron chi connectivity index (χ4n) is 8.07. The maximum atomic E-state index is 14.4. The molecule has 6 nitrogen and oxygen atoms in total. The van der Waals surface area contributed by atoms with Gasteiger partial charge in [-0.15, -0.1) is 0 Å². The lowest BCUT2D eigenvalue weighted by Gasteiger charge is -2.53. The van der Waals surface area contributed by atoms with Gasteiger partial charge in [0.25, 0.3) is 0 Å². The zero-order chi connectivity index (χ0) is 28.1. The number of amides is 4. The summed E-state index contributed by atoms with van der Waals surface area (Å²) in [6, 6.07) is 20.8. The zero-order valence-corrected chi connectivity index (χ0v) is 22.9. The van der Waals surface area contributed by atoms with E-state index in [1.54, 1.807) is 0 Å². The molecule has 2 bridgehead atoms. The number of imide groups is 2. The molecule has 6 heteroatoms. The summed E-state index contributed by atoms with van der Waals surface area (Å²) in [5.74, 6) is -4.75. The van der Waals surface area contributed by atoms with Crippen molar-refractivity contribution in [3.63, 3.8) is 0 Å². The highest BCUT2D eigenvalue weighted by atomic mass is 16.2. The fourth-order valence-corrected chi connectivity index (χ4v) is 8.07. The normalized spacial score (nSPS) is 30.4. The number of nitrogens with zero attached hydrogens (tertiary/aromatic N) is 2. The van der Waals surface area contributed by atoms with Gasteiger partial charge in [0.2, 0.25) is 23.6 Å². The van der Waals surface area contributed by atoms with Gasteiger partial charge in [0.1, 0.15) is 0 Å². The molecule has 8 rings (SSSR count). The Morgan fingerprint density at radius 3 is 1.52 bits per heavy atom. The summed E-state index contributed by atoms with van der Waals surface area (Å²) >= 11 is 0. The molecule has 3 aromatic carbocycles. The van der Waals surface area contributed by atoms with Gasteiger partial charge in [-0.2, -0.15) is 0 Å². The molecule has 2 heterocycles. The number of benzene rings is 3. The number of anilines is 2. The Morgan fingerprint density at radius 1 is 0.600 bits per heavy atom. The van der Waals surface area contributed by atoms with Crippen molar-refractivity contribution in [1.29, 1.82) is 0 Å². The van der Waals surface area contributed by atoms with Crippen LogP contribution in [-0.4, -0.2) is 23.6 Å². The molecule has 3 aliphatic carbocycles. The van der Waals surface area contributed by atoms with Gasteiger partial charge < -0.3 is 0 Å². The van der Waals surface area contributed by atoms with Gasteiger partial charge in [-0.05, 0) is 56.5 Å². The third-order valence-electron chi connectivity index (χ3n) is 9.62. The van der Waals surface area contributed by atoms with Crippen molar-refractivity contribution in [3.05, 3.63) is 107 Å². The molecule has 4 amide bonds. The highest BCUT2D eigenvalue weighted by Crippen LogP contribution is 2.65. The third kappa shape index (κ3) is 2.99. The Kier molecular flexibility index (Phi) is 5.15. The summed E-state index contributed by atoms with van der Waals surface area (Å²) in [6.07, 6.45) is 3.89. The predicted octanol–water partition coefficient (Wildman–Crippen LogP) is 4.97. The van der Waals surface area contributed by atoms with Crippen LogP contribution >= 0.6 is 0 Å². The second-order valence-electron chi connectivity index (χ2n) is 11.8. The van der Waals surface area contributed by atoms with E-state index in [2.05, 4.69) is 0 Å². The van der Waals surface area contributed by atoms with Crippen molar-refractivity contribution in [2.24, 2.45) is 29.6 Å². The smallest absolute Gasteiger partial charge is 0.238 e. The molecule has 2 aliphatic heterocycles. The summed E-state index contributed by atoms with van der Waals surface area (Å²) in [6.45, 7) is 7.74. The first kappa shape index (κ1) is 24.7. The molecule has 0 spiro atoms. The van der Waals surface area contributed by atoms with Crippen LogP contribution in [0, 0.1) is 57.3 Å². The molecule has 0 radical (unpaired) electrons. The third-order valence-corrected chi connectivity index (χ3v) is 9.62. The van der Waals surface area contributed by atoms with Crippen LogP contribution in [0.2, 0.25) is 0 Å². The second kappa shape index (κ2) is 8.34. The fraction of sp³-hybridized carbons (Fsp3) is 0.294. The first-order valence-electron chi connectivity index (χ1n) is 13.8. The highest BCUT2D eigenvalue weighted by molar-refractivity contribution is 6.27. The Morgan fingerprint density at radius 2 is 1.07 bits per heavy atom. The van der Waals surface area contributed by atoms with Gasteiger partial charge >= 0.3 is 0 Å². The number of aryl methyl sites for hydroxylation is 4. The summed E-state index contributed by atoms with van der Waals surface area (Å²) in [5, 5.41) is 0. The van der Waals surface area contributed by atoms with Gasteiger partial charge in [0, 0.05) is 11.3 Å². The van der Waals surface area contributed by atoms with Crippen LogP contribution in [0.25, 0.3) is 0 Å². The lowest BCUT2D eigenvalue weighted by molar-refractivity contribution is -0.140. The van der Waals surface area contributed by atoms with Gasteiger partial charge in [-0.25, -0.2) is 9.80 Å². The van der Waals surface area contributed by atoms with Crippen molar-refractivity contribution in [3.8, 4) is 0 Å². The van der Waals surface area contributed by atoms with Crippen molar-refractivity contribution < 1.29 is 19.2 Å². The van der Waals surface area contributed by atoms with E-state index >= 15 is 0 Å². The van der Waals surface area contributed by atoms with Crippen LogP contribution in [0.5, 0.6) is 0 Å². The van der Waals surface area contributed by atoms with Gasteiger partial charge in [-0.1, -0.05) is 77.9 Å². The van der Waals surface area contributed by atoms with Gasteiger partial charge in [0.05, 0.1) is 35.0 Å². The molecule has 200 valence electrons. The number of hydrogen-bond donors (Lipinski definition) is 0. The largest absolute Gasteiger partial charge is 0.274 e. The minimum atomic E-state index is -1.12. The lowest BCUT2D eigenvalue weighted by atomic mass is 9.45. The van der Waals surface area contributed by atoms with Crippen molar-refractivity contribution in [1.82, 2.24) is 0 Å². The minimum Gasteiger partial charge on any atom is -0.274 e. The molecule has 0 aromatic heterocycles. The first-order chi connectivity index (χ1) is 19.2. The van der Waals surface area contributed by atoms with E-state index in [-0.39, 0.29) is 23.6 Å². The van der Waals surface area contributed by atoms with Gasteiger partial charge in [0.15, 0.2) is 0 Å². The van der Waals surface area contributed by atoms with E-state index in [9.17, 15) is 19.2 Å². The van der Waals surface area contributed by atoms with E-state index < -0.39 is 35.0 Å². The SMILES string of the molecule is Cc1ccc(N2C(=O)[C@@H]3C4C=CC(c5ccccc5)([C@@H]3C2=O)[C@H]2C(=O)N(c3ccc(C)cc3C)C(=O)[C@@H]42)c(C)c1. The lowest BCUT2D eigenvalue weighted by Crippen LogP contribution is -2.60. The maximum Gasteiger partial charge on any atom is 0.238 e. The summed E-state index contributed by atoms with van der Waals surface area (Å²) in [5.41, 5.74) is 4.54. The van der Waals surface area contributed by atoms with E-state index in [1.807, 2.05) is 107 Å². The molecule has 40 heavy (non-hydrogen) atoms. The zero-order valence-electron chi connectivity index (χ0n) is 22.9. The number of allylic oxidation sites excluding steroid dienone is 2. The van der Waals surface area contributed by atoms with Gasteiger partial charge in [-0.3, -0.25) is 19.2 Å². The van der Waals surface area contributed by atoms with E-state index in [0.717, 1.165) is 27.8 Å². The van der Waals surface area contributed by atoms with E-state index in [4.69, 9.17) is 0 Å². The average Bonchev–Trinajstić information content (AvgIpc) is 3.37. The van der Waals surface area contributed by atoms with E-state index in [1.165, 1.54) is 9.80 Å². The van der Waals surface area contributed by atoms with Crippen LogP contribution in [-0.2, 0) is 24.6 Å². The molecule has 3 aromatic rings. The van der Waals surface area contributed by atoms with Crippen LogP contribution in [0.1, 0.15) is 27.8 Å². The van der Waals surface area contributed by atoms with Crippen molar-refractivity contribution >= 4 is 35.0 Å². The summed E-state index contributed by atoms with van der Waals surface area (Å²) in [7, 11) is 0. The molecule has 2 saturated heterocycles. The number of hydrogen-bond acceptors (Lipinski definition) is 4. The topological polar surface area (TPSA) is 74.8 Å². The first-order valence-corrected chi connectivity index (χ1v) is 13.8. The molecule has 3 fully saturated rings. The Bertz CT molecular complexity index is 1580. The van der Waals surface area contributed by atoms with Crippen LogP contribution in [0.4, 0.5) is 11.4 Å². The number of carbonyl (C=O) groups is 4. The van der Waals surface area contributed by atoms with Crippen molar-refractivity contribution in [2.75, 3.05) is 9.80 Å². The quantitative estimate of drug-likeness (QED) is 0.354. The second-order valence-corrected chi connectivity index (χ2v) is 11.8. The molecule has 0 N–H and O–H groups in total. The monoisotopic (exact) mass is 530 g/mol. The molecule has 2 unspecified atom stereocenters.